The van der Waals surface area contributed by atoms with E-state index in [4.69, 9.17) is 9.47 Å². The summed E-state index contributed by atoms with van der Waals surface area (Å²) < 4.78 is 13.3. The highest BCUT2D eigenvalue weighted by Crippen LogP contribution is 2.31. The van der Waals surface area contributed by atoms with Gasteiger partial charge in [-0.25, -0.2) is 4.68 Å². The molecule has 3 heterocycles. The topological polar surface area (TPSA) is 88.9 Å². The molecule has 9 heteroatoms. The van der Waals surface area contributed by atoms with Crippen molar-refractivity contribution in [1.29, 1.82) is 0 Å². The number of carbonyl (C=O) groups is 2. The second kappa shape index (κ2) is 9.56. The summed E-state index contributed by atoms with van der Waals surface area (Å²) in [6.07, 6.45) is -0.647. The molecule has 0 radical (unpaired) electrons. The van der Waals surface area contributed by atoms with E-state index in [0.717, 1.165) is 11.4 Å². The molecule has 2 amide bonds. The molecule has 1 unspecified atom stereocenters. The Morgan fingerprint density at radius 2 is 1.71 bits per heavy atom. The number of nitrogens with one attached hydrogen (secondary N) is 1. The molecule has 1 N–H and O–H groups in total. The number of fused-ring (bicyclic) bond motifs is 1. The highest BCUT2D eigenvalue weighted by molar-refractivity contribution is 5.91. The first kappa shape index (κ1) is 22.0. The molecule has 1 saturated heterocycles. The number of rotatable bonds is 5. The van der Waals surface area contributed by atoms with Gasteiger partial charge in [-0.15, -0.1) is 0 Å². The van der Waals surface area contributed by atoms with E-state index in [1.807, 2.05) is 66.4 Å². The lowest BCUT2D eigenvalue weighted by Crippen LogP contribution is -2.54. The number of piperazine rings is 1. The van der Waals surface area contributed by atoms with Gasteiger partial charge in [0, 0.05) is 32.2 Å². The Hall–Kier alpha value is -3.85. The van der Waals surface area contributed by atoms with Crippen LogP contribution < -0.4 is 14.8 Å². The molecule has 2 aliphatic heterocycles. The van der Waals surface area contributed by atoms with Crippen molar-refractivity contribution in [1.82, 2.24) is 19.6 Å². The van der Waals surface area contributed by atoms with Crippen molar-refractivity contribution in [2.45, 2.75) is 13.0 Å². The Balaban J connectivity index is 1.13. The van der Waals surface area contributed by atoms with Crippen molar-refractivity contribution < 1.29 is 19.1 Å². The van der Waals surface area contributed by atoms with Gasteiger partial charge in [0.2, 0.25) is 12.0 Å². The summed E-state index contributed by atoms with van der Waals surface area (Å²) >= 11 is 0. The summed E-state index contributed by atoms with van der Waals surface area (Å²) in [6, 6.07) is 18.9. The van der Waals surface area contributed by atoms with Gasteiger partial charge in [-0.05, 0) is 31.2 Å². The largest absolute Gasteiger partial charge is 0.485 e. The van der Waals surface area contributed by atoms with E-state index < -0.39 is 6.10 Å². The molecular weight excluding hydrogens is 434 g/mol. The lowest BCUT2D eigenvalue weighted by atomic mass is 10.2. The van der Waals surface area contributed by atoms with E-state index in [-0.39, 0.29) is 25.0 Å². The Labute approximate surface area is 197 Å². The van der Waals surface area contributed by atoms with Gasteiger partial charge in [0.25, 0.3) is 5.91 Å². The summed E-state index contributed by atoms with van der Waals surface area (Å²) in [4.78, 5) is 29.5. The molecule has 9 nitrogen and oxygen atoms in total. The third kappa shape index (κ3) is 4.74. The third-order valence-electron chi connectivity index (χ3n) is 5.93. The zero-order chi connectivity index (χ0) is 23.5. The smallest absolute Gasteiger partial charge is 0.267 e. The van der Waals surface area contributed by atoms with Crippen molar-refractivity contribution in [3.63, 3.8) is 0 Å². The molecule has 0 saturated carbocycles. The fourth-order valence-corrected chi connectivity index (χ4v) is 4.21. The van der Waals surface area contributed by atoms with E-state index >= 15 is 0 Å². The number of hydrogen-bond acceptors (Lipinski definition) is 6. The SMILES string of the molecule is Cc1cc(NC(=O)CN2CCN(C(=O)C3COc4ccccc4O3)CC2)n(-c2ccccc2)n1. The highest BCUT2D eigenvalue weighted by atomic mass is 16.6. The van der Waals surface area contributed by atoms with Crippen molar-refractivity contribution in [2.24, 2.45) is 0 Å². The Bertz CT molecular complexity index is 1170. The zero-order valence-electron chi connectivity index (χ0n) is 19.0. The molecule has 1 fully saturated rings. The fraction of sp³-hybridized carbons (Fsp3) is 0.320. The van der Waals surface area contributed by atoms with Crippen LogP contribution in [-0.2, 0) is 9.59 Å². The van der Waals surface area contributed by atoms with Gasteiger partial charge in [0.15, 0.2) is 11.5 Å². The number of carbonyl (C=O) groups excluding carboxylic acids is 2. The number of benzene rings is 2. The van der Waals surface area contributed by atoms with Gasteiger partial charge in [-0.3, -0.25) is 14.5 Å². The van der Waals surface area contributed by atoms with E-state index in [2.05, 4.69) is 10.4 Å². The molecule has 3 aromatic rings. The van der Waals surface area contributed by atoms with Crippen LogP contribution >= 0.6 is 0 Å². The molecule has 0 spiro atoms. The molecule has 1 atom stereocenters. The average Bonchev–Trinajstić information content (AvgIpc) is 3.24. The monoisotopic (exact) mass is 461 g/mol. The molecule has 5 rings (SSSR count). The van der Waals surface area contributed by atoms with Crippen LogP contribution in [0.15, 0.2) is 60.7 Å². The Morgan fingerprint density at radius 1 is 1.00 bits per heavy atom. The predicted molar refractivity (Wildman–Crippen MR) is 126 cm³/mol. The Kier molecular flexibility index (Phi) is 6.18. The number of aromatic nitrogens is 2. The summed E-state index contributed by atoms with van der Waals surface area (Å²) in [5, 5.41) is 7.47. The van der Waals surface area contributed by atoms with Crippen molar-refractivity contribution in [3.8, 4) is 17.2 Å². The maximum atomic E-state index is 12.9. The lowest BCUT2D eigenvalue weighted by molar-refractivity contribution is -0.143. The zero-order valence-corrected chi connectivity index (χ0v) is 19.0. The van der Waals surface area contributed by atoms with Gasteiger partial charge in [0.1, 0.15) is 12.4 Å². The highest BCUT2D eigenvalue weighted by Gasteiger charge is 2.33. The predicted octanol–water partition coefficient (Wildman–Crippen LogP) is 2.10. The standard InChI is InChI=1S/C25H27N5O4/c1-18-15-23(30(27-18)19-7-3-2-4-8-19)26-24(31)16-28-11-13-29(14-12-28)25(32)22-17-33-20-9-5-6-10-21(20)34-22/h2-10,15,22H,11-14,16-17H2,1H3,(H,26,31). The summed E-state index contributed by atoms with van der Waals surface area (Å²) in [5.74, 6) is 1.69. The first-order valence-corrected chi connectivity index (χ1v) is 11.4. The first-order chi connectivity index (χ1) is 16.6. The quantitative estimate of drug-likeness (QED) is 0.626. The van der Waals surface area contributed by atoms with Gasteiger partial charge >= 0.3 is 0 Å². The lowest BCUT2D eigenvalue weighted by Gasteiger charge is -2.36. The Morgan fingerprint density at radius 3 is 2.47 bits per heavy atom. The van der Waals surface area contributed by atoms with E-state index in [9.17, 15) is 9.59 Å². The maximum absolute atomic E-state index is 12.9. The first-order valence-electron chi connectivity index (χ1n) is 11.4. The van der Waals surface area contributed by atoms with Crippen LogP contribution in [0.25, 0.3) is 5.69 Å². The molecule has 1 aromatic heterocycles. The number of amides is 2. The molecule has 2 aliphatic rings. The van der Waals surface area contributed by atoms with Gasteiger partial charge < -0.3 is 19.7 Å². The number of anilines is 1. The minimum Gasteiger partial charge on any atom is -0.485 e. The molecule has 176 valence electrons. The van der Waals surface area contributed by atoms with Crippen LogP contribution in [0, 0.1) is 6.92 Å². The molecule has 34 heavy (non-hydrogen) atoms. The van der Waals surface area contributed by atoms with E-state index in [1.54, 1.807) is 15.6 Å². The van der Waals surface area contributed by atoms with Gasteiger partial charge in [-0.2, -0.15) is 5.10 Å². The van der Waals surface area contributed by atoms with Crippen LogP contribution in [0.4, 0.5) is 5.82 Å². The maximum Gasteiger partial charge on any atom is 0.267 e. The minimum atomic E-state index is -0.647. The molecule has 0 bridgehead atoms. The second-order valence-corrected chi connectivity index (χ2v) is 8.43. The van der Waals surface area contributed by atoms with Crippen molar-refractivity contribution >= 4 is 17.6 Å². The number of hydrogen-bond donors (Lipinski definition) is 1. The van der Waals surface area contributed by atoms with E-state index in [1.165, 1.54) is 0 Å². The van der Waals surface area contributed by atoms with Crippen LogP contribution in [-0.4, -0.2) is 76.8 Å². The number of ether oxygens (including phenoxy) is 2. The number of para-hydroxylation sites is 3. The third-order valence-corrected chi connectivity index (χ3v) is 5.93. The van der Waals surface area contributed by atoms with Crippen molar-refractivity contribution in [2.75, 3.05) is 44.6 Å². The summed E-state index contributed by atoms with van der Waals surface area (Å²) in [6.45, 7) is 4.64. The fourth-order valence-electron chi connectivity index (χ4n) is 4.21. The second-order valence-electron chi connectivity index (χ2n) is 8.43. The molecular formula is C25H27N5O4. The number of nitrogens with zero attached hydrogens (tertiary/aromatic N) is 4. The van der Waals surface area contributed by atoms with Gasteiger partial charge in [-0.1, -0.05) is 30.3 Å². The van der Waals surface area contributed by atoms with Crippen molar-refractivity contribution in [3.05, 3.63) is 66.4 Å². The van der Waals surface area contributed by atoms with Crippen LogP contribution in [0.1, 0.15) is 5.69 Å². The van der Waals surface area contributed by atoms with Crippen LogP contribution in [0.2, 0.25) is 0 Å². The molecule has 2 aromatic carbocycles. The summed E-state index contributed by atoms with van der Waals surface area (Å²) in [5.41, 5.74) is 1.71. The van der Waals surface area contributed by atoms with Crippen LogP contribution in [0.5, 0.6) is 11.5 Å². The number of aryl methyl sites for hydroxylation is 1. The van der Waals surface area contributed by atoms with Gasteiger partial charge in [0.05, 0.1) is 17.9 Å². The van der Waals surface area contributed by atoms with Crippen LogP contribution in [0.3, 0.4) is 0 Å². The average molecular weight is 462 g/mol. The normalized spacial score (nSPS) is 17.9. The summed E-state index contributed by atoms with van der Waals surface area (Å²) in [7, 11) is 0. The molecule has 0 aliphatic carbocycles. The minimum absolute atomic E-state index is 0.0826. The van der Waals surface area contributed by atoms with E-state index in [0.29, 0.717) is 43.5 Å².